The van der Waals surface area contributed by atoms with Crippen molar-refractivity contribution in [3.05, 3.63) is 36.7 Å². The van der Waals surface area contributed by atoms with Crippen LogP contribution in [-0.2, 0) is 4.79 Å². The first-order chi connectivity index (χ1) is 10.2. The van der Waals surface area contributed by atoms with E-state index < -0.39 is 0 Å². The van der Waals surface area contributed by atoms with Gasteiger partial charge in [0, 0.05) is 24.6 Å². The maximum atomic E-state index is 12.1. The summed E-state index contributed by atoms with van der Waals surface area (Å²) in [6.45, 7) is 5.45. The van der Waals surface area contributed by atoms with Crippen LogP contribution in [0.5, 0.6) is 0 Å². The highest BCUT2D eigenvalue weighted by atomic mass is 16.2. The van der Waals surface area contributed by atoms with Gasteiger partial charge < -0.3 is 9.47 Å². The molecule has 0 N–H and O–H groups in total. The lowest BCUT2D eigenvalue weighted by atomic mass is 10.2. The summed E-state index contributed by atoms with van der Waals surface area (Å²) in [4.78, 5) is 14.0. The minimum absolute atomic E-state index is 0.0539. The first kappa shape index (κ1) is 13.8. The summed E-state index contributed by atoms with van der Waals surface area (Å²) in [6, 6.07) is 10.3. The van der Waals surface area contributed by atoms with Gasteiger partial charge in [-0.1, -0.05) is 44.2 Å². The van der Waals surface area contributed by atoms with E-state index in [2.05, 4.69) is 14.8 Å². The number of aromatic nitrogens is 3. The zero-order chi connectivity index (χ0) is 14.8. The highest BCUT2D eigenvalue weighted by Crippen LogP contribution is 2.27. The molecule has 2 aromatic rings. The van der Waals surface area contributed by atoms with Crippen molar-refractivity contribution < 1.29 is 4.79 Å². The zero-order valence-corrected chi connectivity index (χ0v) is 12.4. The van der Waals surface area contributed by atoms with Crippen LogP contribution in [0.2, 0.25) is 0 Å². The van der Waals surface area contributed by atoms with Crippen molar-refractivity contribution in [1.29, 1.82) is 0 Å². The Morgan fingerprint density at radius 1 is 1.29 bits per heavy atom. The van der Waals surface area contributed by atoms with Crippen molar-refractivity contribution in [2.75, 3.05) is 13.1 Å². The van der Waals surface area contributed by atoms with Gasteiger partial charge in [0.1, 0.15) is 6.33 Å². The molecule has 1 aliphatic heterocycles. The van der Waals surface area contributed by atoms with Crippen molar-refractivity contribution in [2.45, 2.75) is 26.3 Å². The third-order valence-electron chi connectivity index (χ3n) is 3.97. The van der Waals surface area contributed by atoms with E-state index in [0.29, 0.717) is 0 Å². The number of carbonyl (C=O) groups is 1. The zero-order valence-electron chi connectivity index (χ0n) is 12.4. The minimum Gasteiger partial charge on any atom is -0.340 e. The van der Waals surface area contributed by atoms with Crippen LogP contribution in [0.1, 0.15) is 26.3 Å². The van der Waals surface area contributed by atoms with Gasteiger partial charge in [0.2, 0.25) is 5.91 Å². The van der Waals surface area contributed by atoms with E-state index in [4.69, 9.17) is 0 Å². The smallest absolute Gasteiger partial charge is 0.225 e. The van der Waals surface area contributed by atoms with Gasteiger partial charge in [0.05, 0.1) is 6.04 Å². The second-order valence-corrected chi connectivity index (χ2v) is 5.81. The normalized spacial score (nSPS) is 18.4. The Bertz CT molecular complexity index is 620. The Kier molecular flexibility index (Phi) is 3.73. The third kappa shape index (κ3) is 2.68. The summed E-state index contributed by atoms with van der Waals surface area (Å²) >= 11 is 0. The molecule has 1 aliphatic rings. The van der Waals surface area contributed by atoms with Crippen LogP contribution in [-0.4, -0.2) is 38.7 Å². The van der Waals surface area contributed by atoms with E-state index in [1.807, 2.05) is 49.1 Å². The molecule has 1 aromatic carbocycles. The topological polar surface area (TPSA) is 51.0 Å². The third-order valence-corrected chi connectivity index (χ3v) is 3.97. The lowest BCUT2D eigenvalue weighted by Crippen LogP contribution is -2.32. The molecule has 21 heavy (non-hydrogen) atoms. The predicted octanol–water partition coefficient (Wildman–Crippen LogP) is 2.37. The predicted molar refractivity (Wildman–Crippen MR) is 80.5 cm³/mol. The highest BCUT2D eigenvalue weighted by Gasteiger charge is 2.29. The average molecular weight is 284 g/mol. The molecule has 0 saturated carbocycles. The Balaban J connectivity index is 1.81. The summed E-state index contributed by atoms with van der Waals surface area (Å²) in [5, 5.41) is 8.30. The molecule has 5 nitrogen and oxygen atoms in total. The number of carbonyl (C=O) groups excluding carboxylic acids is 1. The van der Waals surface area contributed by atoms with E-state index in [0.717, 1.165) is 30.9 Å². The molecule has 0 radical (unpaired) electrons. The highest BCUT2D eigenvalue weighted by molar-refractivity contribution is 5.78. The monoisotopic (exact) mass is 284 g/mol. The number of hydrogen-bond acceptors (Lipinski definition) is 3. The summed E-state index contributed by atoms with van der Waals surface area (Å²) < 4.78 is 2.10. The molecule has 1 amide bonds. The van der Waals surface area contributed by atoms with Crippen molar-refractivity contribution in [1.82, 2.24) is 19.7 Å². The molecule has 0 spiro atoms. The molecule has 3 rings (SSSR count). The van der Waals surface area contributed by atoms with Gasteiger partial charge in [-0.05, 0) is 6.42 Å². The van der Waals surface area contributed by atoms with E-state index in [1.165, 1.54) is 0 Å². The lowest BCUT2D eigenvalue weighted by Gasteiger charge is -2.19. The maximum absolute atomic E-state index is 12.1. The maximum Gasteiger partial charge on any atom is 0.225 e. The van der Waals surface area contributed by atoms with Crippen LogP contribution in [0.3, 0.4) is 0 Å². The molecule has 0 bridgehead atoms. The van der Waals surface area contributed by atoms with E-state index in [9.17, 15) is 4.79 Å². The van der Waals surface area contributed by atoms with Crippen molar-refractivity contribution in [3.63, 3.8) is 0 Å². The largest absolute Gasteiger partial charge is 0.340 e. The quantitative estimate of drug-likeness (QED) is 0.869. The van der Waals surface area contributed by atoms with Crippen LogP contribution < -0.4 is 0 Å². The van der Waals surface area contributed by atoms with Gasteiger partial charge in [0.15, 0.2) is 5.82 Å². The molecular formula is C16H20N4O. The van der Waals surface area contributed by atoms with E-state index >= 15 is 0 Å². The summed E-state index contributed by atoms with van der Waals surface area (Å²) in [6.07, 6.45) is 2.73. The Morgan fingerprint density at radius 2 is 2.05 bits per heavy atom. The minimum atomic E-state index is 0.0539. The van der Waals surface area contributed by atoms with Gasteiger partial charge >= 0.3 is 0 Å². The number of rotatable bonds is 3. The first-order valence-electron chi connectivity index (χ1n) is 7.40. The molecule has 2 heterocycles. The Labute approximate surface area is 124 Å². The first-order valence-corrected chi connectivity index (χ1v) is 7.40. The molecule has 1 saturated heterocycles. The molecule has 1 fully saturated rings. The molecule has 110 valence electrons. The fourth-order valence-corrected chi connectivity index (χ4v) is 2.84. The number of amides is 1. The molecule has 1 atom stereocenters. The average Bonchev–Trinajstić information content (AvgIpc) is 3.16. The van der Waals surface area contributed by atoms with Crippen molar-refractivity contribution in [2.24, 2.45) is 5.92 Å². The Hall–Kier alpha value is -2.17. The fourth-order valence-electron chi connectivity index (χ4n) is 2.84. The SMILES string of the molecule is CC(C)C(=O)N1CCC(n2cnnc2-c2ccccc2)C1. The van der Waals surface area contributed by atoms with Crippen molar-refractivity contribution >= 4 is 5.91 Å². The number of nitrogens with zero attached hydrogens (tertiary/aromatic N) is 4. The molecule has 0 aliphatic carbocycles. The molecule has 1 aromatic heterocycles. The number of likely N-dealkylation sites (tertiary alicyclic amines) is 1. The number of benzene rings is 1. The molecular weight excluding hydrogens is 264 g/mol. The van der Waals surface area contributed by atoms with Crippen LogP contribution in [0, 0.1) is 5.92 Å². The van der Waals surface area contributed by atoms with E-state index in [-0.39, 0.29) is 17.9 Å². The number of hydrogen-bond donors (Lipinski definition) is 0. The molecule has 5 heteroatoms. The molecule has 1 unspecified atom stereocenters. The van der Waals surface area contributed by atoms with Gasteiger partial charge in [-0.2, -0.15) is 0 Å². The fraction of sp³-hybridized carbons (Fsp3) is 0.438. The van der Waals surface area contributed by atoms with E-state index in [1.54, 1.807) is 6.33 Å². The van der Waals surface area contributed by atoms with Gasteiger partial charge in [0.25, 0.3) is 0 Å². The van der Waals surface area contributed by atoms with Gasteiger partial charge in [-0.25, -0.2) is 0 Å². The summed E-state index contributed by atoms with van der Waals surface area (Å²) in [5.74, 6) is 1.16. The van der Waals surface area contributed by atoms with Gasteiger partial charge in [-0.3, -0.25) is 4.79 Å². The van der Waals surface area contributed by atoms with Crippen molar-refractivity contribution in [3.8, 4) is 11.4 Å². The standard InChI is InChI=1S/C16H20N4O/c1-12(2)16(21)19-9-8-14(10-19)20-11-17-18-15(20)13-6-4-3-5-7-13/h3-7,11-12,14H,8-10H2,1-2H3. The summed E-state index contributed by atoms with van der Waals surface area (Å²) in [7, 11) is 0. The van der Waals surface area contributed by atoms with Crippen LogP contribution in [0.4, 0.5) is 0 Å². The lowest BCUT2D eigenvalue weighted by molar-refractivity contribution is -0.133. The Morgan fingerprint density at radius 3 is 2.76 bits per heavy atom. The summed E-state index contributed by atoms with van der Waals surface area (Å²) in [5.41, 5.74) is 1.06. The van der Waals surface area contributed by atoms with Crippen LogP contribution in [0.25, 0.3) is 11.4 Å². The van der Waals surface area contributed by atoms with Gasteiger partial charge in [-0.15, -0.1) is 10.2 Å². The second kappa shape index (κ2) is 5.68. The second-order valence-electron chi connectivity index (χ2n) is 5.81. The van der Waals surface area contributed by atoms with Crippen LogP contribution >= 0.6 is 0 Å². The van der Waals surface area contributed by atoms with Crippen LogP contribution in [0.15, 0.2) is 36.7 Å².